The van der Waals surface area contributed by atoms with E-state index in [1.165, 1.54) is 16.6 Å². The fourth-order valence-corrected chi connectivity index (χ4v) is 3.28. The van der Waals surface area contributed by atoms with Crippen LogP contribution in [0.5, 0.6) is 0 Å². The number of amides is 1. The van der Waals surface area contributed by atoms with Crippen molar-refractivity contribution in [2.75, 3.05) is 11.1 Å². The van der Waals surface area contributed by atoms with Gasteiger partial charge in [-0.3, -0.25) is 4.79 Å². The van der Waals surface area contributed by atoms with Crippen LogP contribution in [0.15, 0.2) is 46.9 Å². The van der Waals surface area contributed by atoms with Gasteiger partial charge in [-0.15, -0.1) is 16.4 Å². The summed E-state index contributed by atoms with van der Waals surface area (Å²) in [7, 11) is 0. The maximum Gasteiger partial charge on any atom is 0.234 e. The summed E-state index contributed by atoms with van der Waals surface area (Å²) < 4.78 is 1.70. The first-order valence-electron chi connectivity index (χ1n) is 6.98. The van der Waals surface area contributed by atoms with Gasteiger partial charge in [0.15, 0.2) is 0 Å². The number of aryl methyl sites for hydroxylation is 1. The van der Waals surface area contributed by atoms with Crippen molar-refractivity contribution in [3.05, 3.63) is 52.2 Å². The van der Waals surface area contributed by atoms with Gasteiger partial charge in [0.25, 0.3) is 0 Å². The molecule has 0 atom stereocenters. The summed E-state index contributed by atoms with van der Waals surface area (Å²) in [5.41, 5.74) is 1.95. The number of hydrogen-bond acceptors (Lipinski definition) is 6. The van der Waals surface area contributed by atoms with E-state index in [0.717, 1.165) is 11.3 Å². The lowest BCUT2D eigenvalue weighted by Gasteiger charge is -2.05. The summed E-state index contributed by atoms with van der Waals surface area (Å²) in [5, 5.41) is 17.2. The minimum absolute atomic E-state index is 0.0791. The van der Waals surface area contributed by atoms with Crippen molar-refractivity contribution in [1.82, 2.24) is 20.2 Å². The third kappa shape index (κ3) is 4.40. The molecule has 0 aliphatic heterocycles. The number of carbonyl (C=O) groups excluding carboxylic acids is 1. The van der Waals surface area contributed by atoms with Crippen molar-refractivity contribution in [2.24, 2.45) is 0 Å². The Morgan fingerprint density at radius 1 is 1.30 bits per heavy atom. The normalized spacial score (nSPS) is 10.7. The fourth-order valence-electron chi connectivity index (χ4n) is 1.91. The number of thiophene rings is 1. The molecule has 2 aromatic heterocycles. The van der Waals surface area contributed by atoms with Crippen LogP contribution in [0.3, 0.4) is 0 Å². The molecule has 0 saturated carbocycles. The number of thioether (sulfide) groups is 1. The molecule has 2 heterocycles. The van der Waals surface area contributed by atoms with Gasteiger partial charge >= 0.3 is 0 Å². The molecule has 0 unspecified atom stereocenters. The molecule has 1 aromatic carbocycles. The maximum absolute atomic E-state index is 12.0. The van der Waals surface area contributed by atoms with Gasteiger partial charge in [-0.2, -0.15) is 0 Å². The Kier molecular flexibility index (Phi) is 5.04. The predicted octanol–water partition coefficient (Wildman–Crippen LogP) is 2.82. The Morgan fingerprint density at radius 3 is 2.87 bits per heavy atom. The zero-order valence-corrected chi connectivity index (χ0v) is 14.1. The highest BCUT2D eigenvalue weighted by molar-refractivity contribution is 7.99. The lowest BCUT2D eigenvalue weighted by atomic mass is 10.2. The van der Waals surface area contributed by atoms with Crippen molar-refractivity contribution >= 4 is 34.7 Å². The molecule has 3 rings (SSSR count). The van der Waals surface area contributed by atoms with Gasteiger partial charge in [0, 0.05) is 10.6 Å². The number of nitrogens with one attached hydrogen (secondary N) is 1. The van der Waals surface area contributed by atoms with Crippen molar-refractivity contribution in [2.45, 2.75) is 18.6 Å². The zero-order valence-electron chi connectivity index (χ0n) is 12.5. The molecule has 8 heteroatoms. The van der Waals surface area contributed by atoms with Crippen LogP contribution in [-0.2, 0) is 11.3 Å². The highest BCUT2D eigenvalue weighted by atomic mass is 32.2. The quantitative estimate of drug-likeness (QED) is 0.696. The van der Waals surface area contributed by atoms with E-state index in [9.17, 15) is 4.79 Å². The van der Waals surface area contributed by atoms with E-state index < -0.39 is 0 Å². The summed E-state index contributed by atoms with van der Waals surface area (Å²) in [6.45, 7) is 2.63. The summed E-state index contributed by atoms with van der Waals surface area (Å²) in [6, 6.07) is 11.7. The molecule has 0 saturated heterocycles. The second kappa shape index (κ2) is 7.38. The average molecular weight is 345 g/mol. The summed E-state index contributed by atoms with van der Waals surface area (Å²) >= 11 is 2.98. The number of anilines is 1. The van der Waals surface area contributed by atoms with Crippen LogP contribution < -0.4 is 5.32 Å². The average Bonchev–Trinajstić information content (AvgIpc) is 3.20. The van der Waals surface area contributed by atoms with Gasteiger partial charge in [0.1, 0.15) is 0 Å². The first-order valence-corrected chi connectivity index (χ1v) is 8.85. The van der Waals surface area contributed by atoms with E-state index in [1.54, 1.807) is 16.0 Å². The standard InChI is InChI=1S/C15H15N5OS2/c1-11-4-6-12(7-5-11)16-14(21)10-23-15-17-18-19-20(15)9-13-3-2-8-22-13/h2-8H,9-10H2,1H3,(H,16,21). The SMILES string of the molecule is Cc1ccc(NC(=O)CSc2nnnn2Cc2cccs2)cc1. The Labute approximate surface area is 141 Å². The number of hydrogen-bond donors (Lipinski definition) is 1. The van der Waals surface area contributed by atoms with E-state index >= 15 is 0 Å². The largest absolute Gasteiger partial charge is 0.325 e. The summed E-state index contributed by atoms with van der Waals surface area (Å²) in [4.78, 5) is 13.2. The number of benzene rings is 1. The second-order valence-electron chi connectivity index (χ2n) is 4.90. The van der Waals surface area contributed by atoms with Gasteiger partial charge in [-0.05, 0) is 40.9 Å². The Morgan fingerprint density at radius 2 is 2.13 bits per heavy atom. The van der Waals surface area contributed by atoms with Crippen molar-refractivity contribution in [3.8, 4) is 0 Å². The summed E-state index contributed by atoms with van der Waals surface area (Å²) in [5.74, 6) is 0.183. The lowest BCUT2D eigenvalue weighted by Crippen LogP contribution is -2.14. The third-order valence-corrected chi connectivity index (χ3v) is 4.87. The molecule has 0 radical (unpaired) electrons. The fraction of sp³-hybridized carbons (Fsp3) is 0.200. The van der Waals surface area contributed by atoms with E-state index in [2.05, 4.69) is 20.8 Å². The molecule has 23 heavy (non-hydrogen) atoms. The number of carbonyl (C=O) groups is 1. The second-order valence-corrected chi connectivity index (χ2v) is 6.88. The van der Waals surface area contributed by atoms with Gasteiger partial charge < -0.3 is 5.32 Å². The minimum Gasteiger partial charge on any atom is -0.325 e. The molecule has 0 aliphatic rings. The molecule has 1 amide bonds. The minimum atomic E-state index is -0.0791. The lowest BCUT2D eigenvalue weighted by molar-refractivity contribution is -0.113. The van der Waals surface area contributed by atoms with Crippen LogP contribution in [0.25, 0.3) is 0 Å². The van der Waals surface area contributed by atoms with Crippen molar-refractivity contribution in [1.29, 1.82) is 0 Å². The third-order valence-electron chi connectivity index (χ3n) is 3.05. The maximum atomic E-state index is 12.0. The monoisotopic (exact) mass is 345 g/mol. The number of nitrogens with zero attached hydrogens (tertiary/aromatic N) is 4. The van der Waals surface area contributed by atoms with Gasteiger partial charge in [-0.1, -0.05) is 35.5 Å². The molecule has 6 nitrogen and oxygen atoms in total. The van der Waals surface area contributed by atoms with Crippen LogP contribution in [0.2, 0.25) is 0 Å². The van der Waals surface area contributed by atoms with Crippen LogP contribution in [-0.4, -0.2) is 31.9 Å². The molecular formula is C15H15N5OS2. The van der Waals surface area contributed by atoms with Crippen molar-refractivity contribution < 1.29 is 4.79 Å². The smallest absolute Gasteiger partial charge is 0.234 e. The highest BCUT2D eigenvalue weighted by Crippen LogP contribution is 2.17. The Hall–Kier alpha value is -2.19. The van der Waals surface area contributed by atoms with E-state index in [1.807, 2.05) is 48.7 Å². The van der Waals surface area contributed by atoms with Crippen LogP contribution in [0.4, 0.5) is 5.69 Å². The first kappa shape index (κ1) is 15.7. The Bertz CT molecular complexity index is 768. The highest BCUT2D eigenvalue weighted by Gasteiger charge is 2.11. The number of rotatable bonds is 6. The molecule has 118 valence electrons. The molecule has 1 N–H and O–H groups in total. The molecule has 0 bridgehead atoms. The van der Waals surface area contributed by atoms with Gasteiger partial charge in [0.2, 0.25) is 11.1 Å². The Balaban J connectivity index is 1.55. The zero-order chi connectivity index (χ0) is 16.1. The molecule has 0 aliphatic carbocycles. The molecule has 3 aromatic rings. The van der Waals surface area contributed by atoms with E-state index in [-0.39, 0.29) is 11.7 Å². The van der Waals surface area contributed by atoms with Crippen molar-refractivity contribution in [3.63, 3.8) is 0 Å². The van der Waals surface area contributed by atoms with Gasteiger partial charge in [-0.25, -0.2) is 4.68 Å². The topological polar surface area (TPSA) is 72.7 Å². The van der Waals surface area contributed by atoms with E-state index in [4.69, 9.17) is 0 Å². The summed E-state index contributed by atoms with van der Waals surface area (Å²) in [6.07, 6.45) is 0. The molecular weight excluding hydrogens is 330 g/mol. The predicted molar refractivity (Wildman–Crippen MR) is 91.8 cm³/mol. The van der Waals surface area contributed by atoms with E-state index in [0.29, 0.717) is 11.7 Å². The first-order chi connectivity index (χ1) is 11.2. The van der Waals surface area contributed by atoms with Crippen LogP contribution in [0.1, 0.15) is 10.4 Å². The van der Waals surface area contributed by atoms with Gasteiger partial charge in [0.05, 0.1) is 12.3 Å². The van der Waals surface area contributed by atoms with Crippen LogP contribution in [0, 0.1) is 6.92 Å². The van der Waals surface area contributed by atoms with Crippen LogP contribution >= 0.6 is 23.1 Å². The molecule has 0 spiro atoms. The number of aromatic nitrogens is 4. The molecule has 0 fully saturated rings. The number of tetrazole rings is 1.